The largest absolute Gasteiger partial charge is 0.506 e. The smallest absolute Gasteiger partial charge is 0.267 e. The van der Waals surface area contributed by atoms with Crippen molar-refractivity contribution in [3.8, 4) is 11.5 Å². The van der Waals surface area contributed by atoms with Gasteiger partial charge in [0.25, 0.3) is 5.56 Å². The molecule has 9 nitrogen and oxygen atoms in total. The molecule has 0 radical (unpaired) electrons. The molecule has 162 valence electrons. The van der Waals surface area contributed by atoms with Crippen molar-refractivity contribution >= 4 is 33.3 Å². The molecular weight excluding hydrogens is 432 g/mol. The SMILES string of the molecule is O=c1c(C2=NS(O)(O)c3cccc(O)c3N2)c(O)c2cccnc2n1Cc1ccccc1. The van der Waals surface area contributed by atoms with E-state index in [9.17, 15) is 24.1 Å². The van der Waals surface area contributed by atoms with E-state index < -0.39 is 22.1 Å². The second kappa shape index (κ2) is 7.38. The number of pyridine rings is 2. The van der Waals surface area contributed by atoms with Crippen LogP contribution in [0, 0.1) is 0 Å². The fourth-order valence-electron chi connectivity index (χ4n) is 3.69. The van der Waals surface area contributed by atoms with Gasteiger partial charge in [0.1, 0.15) is 33.3 Å². The lowest BCUT2D eigenvalue weighted by atomic mass is 10.1. The van der Waals surface area contributed by atoms with Crippen LogP contribution >= 0.6 is 10.8 Å². The molecule has 1 aliphatic rings. The first-order valence-corrected chi connectivity index (χ1v) is 11.1. The van der Waals surface area contributed by atoms with Gasteiger partial charge in [-0.05, 0) is 29.8 Å². The van der Waals surface area contributed by atoms with Gasteiger partial charge in [0.2, 0.25) is 0 Å². The number of hydrogen-bond donors (Lipinski definition) is 5. The Balaban J connectivity index is 1.76. The Morgan fingerprint density at radius 1 is 0.969 bits per heavy atom. The summed E-state index contributed by atoms with van der Waals surface area (Å²) in [5.41, 5.74) is 0.239. The van der Waals surface area contributed by atoms with Gasteiger partial charge in [0.15, 0.2) is 5.84 Å². The van der Waals surface area contributed by atoms with Crippen LogP contribution in [0.5, 0.6) is 11.5 Å². The molecule has 3 heterocycles. The standard InChI is InChI=1S/C22H18N4O5S/c27-15-9-4-10-16-18(15)24-20(25-32(16,30)31)17-19(28)14-8-5-11-23-21(14)26(22(17)29)12-13-6-2-1-3-7-13/h1-11,27-28,30-31H,12H2,(H,24,25). The minimum absolute atomic E-state index is 0.00666. The van der Waals surface area contributed by atoms with Crippen molar-refractivity contribution < 1.29 is 19.3 Å². The highest BCUT2D eigenvalue weighted by Crippen LogP contribution is 2.57. The molecule has 0 unspecified atom stereocenters. The molecule has 5 N–H and O–H groups in total. The molecule has 10 heteroatoms. The van der Waals surface area contributed by atoms with Gasteiger partial charge in [0, 0.05) is 6.20 Å². The van der Waals surface area contributed by atoms with Gasteiger partial charge in [-0.2, -0.15) is 0 Å². The number of para-hydroxylation sites is 1. The first-order chi connectivity index (χ1) is 15.4. The number of aromatic nitrogens is 2. The number of anilines is 1. The summed E-state index contributed by atoms with van der Waals surface area (Å²) in [7, 11) is -3.73. The van der Waals surface area contributed by atoms with E-state index in [2.05, 4.69) is 14.7 Å². The van der Waals surface area contributed by atoms with Crippen LogP contribution in [0.2, 0.25) is 0 Å². The summed E-state index contributed by atoms with van der Waals surface area (Å²) < 4.78 is 26.5. The number of rotatable bonds is 3. The molecule has 0 saturated carbocycles. The van der Waals surface area contributed by atoms with E-state index in [-0.39, 0.29) is 39.9 Å². The maximum Gasteiger partial charge on any atom is 0.267 e. The maximum atomic E-state index is 13.5. The molecule has 0 spiro atoms. The number of phenols is 1. The minimum Gasteiger partial charge on any atom is -0.506 e. The van der Waals surface area contributed by atoms with Gasteiger partial charge in [-0.15, -0.1) is 4.40 Å². The second-order valence-corrected chi connectivity index (χ2v) is 8.87. The fraction of sp³-hybridized carbons (Fsp3) is 0.0455. The predicted octanol–water partition coefficient (Wildman–Crippen LogP) is 3.75. The van der Waals surface area contributed by atoms with E-state index in [0.717, 1.165) is 5.56 Å². The van der Waals surface area contributed by atoms with E-state index in [4.69, 9.17) is 0 Å². The lowest BCUT2D eigenvalue weighted by molar-refractivity contribution is 0.469. The summed E-state index contributed by atoms with van der Waals surface area (Å²) in [5.74, 6) is -0.904. The van der Waals surface area contributed by atoms with Crippen molar-refractivity contribution in [2.45, 2.75) is 11.4 Å². The molecule has 5 rings (SSSR count). The number of fused-ring (bicyclic) bond motifs is 2. The molecule has 0 aliphatic carbocycles. The van der Waals surface area contributed by atoms with Crippen LogP contribution in [0.4, 0.5) is 5.69 Å². The van der Waals surface area contributed by atoms with Crippen molar-refractivity contribution in [2.24, 2.45) is 4.40 Å². The molecule has 4 aromatic rings. The minimum atomic E-state index is -3.73. The predicted molar refractivity (Wildman–Crippen MR) is 123 cm³/mol. The lowest BCUT2D eigenvalue weighted by Crippen LogP contribution is -2.32. The van der Waals surface area contributed by atoms with Crippen molar-refractivity contribution in [3.05, 3.63) is 88.3 Å². The first-order valence-electron chi connectivity index (χ1n) is 9.59. The van der Waals surface area contributed by atoms with Crippen LogP contribution in [0.3, 0.4) is 0 Å². The average molecular weight is 450 g/mol. The van der Waals surface area contributed by atoms with Crippen LogP contribution in [0.25, 0.3) is 11.0 Å². The zero-order valence-electron chi connectivity index (χ0n) is 16.5. The van der Waals surface area contributed by atoms with Gasteiger partial charge in [-0.3, -0.25) is 18.5 Å². The van der Waals surface area contributed by atoms with E-state index in [1.54, 1.807) is 12.1 Å². The molecule has 2 aromatic heterocycles. The third-order valence-electron chi connectivity index (χ3n) is 5.17. The van der Waals surface area contributed by atoms with Crippen molar-refractivity contribution in [1.29, 1.82) is 0 Å². The monoisotopic (exact) mass is 450 g/mol. The van der Waals surface area contributed by atoms with Crippen LogP contribution in [0.15, 0.2) is 80.9 Å². The van der Waals surface area contributed by atoms with Crippen molar-refractivity contribution in [3.63, 3.8) is 0 Å². The fourth-order valence-corrected chi connectivity index (χ4v) is 4.87. The van der Waals surface area contributed by atoms with Gasteiger partial charge >= 0.3 is 0 Å². The molecule has 2 aromatic carbocycles. The van der Waals surface area contributed by atoms with Gasteiger partial charge in [0.05, 0.1) is 11.9 Å². The number of amidine groups is 1. The van der Waals surface area contributed by atoms with Crippen molar-refractivity contribution in [2.75, 3.05) is 5.32 Å². The highest BCUT2D eigenvalue weighted by molar-refractivity contribution is 8.23. The van der Waals surface area contributed by atoms with Gasteiger partial charge in [-0.1, -0.05) is 47.2 Å². The summed E-state index contributed by atoms with van der Waals surface area (Å²) in [6, 6.07) is 16.7. The Hall–Kier alpha value is -3.86. The normalized spacial score (nSPS) is 15.5. The topological polar surface area (TPSA) is 140 Å². The van der Waals surface area contributed by atoms with Crippen molar-refractivity contribution in [1.82, 2.24) is 9.55 Å². The number of phenolic OH excluding ortho intramolecular Hbond substituents is 1. The van der Waals surface area contributed by atoms with E-state index in [1.807, 2.05) is 30.3 Å². The Morgan fingerprint density at radius 2 is 1.75 bits per heavy atom. The molecule has 0 amide bonds. The molecule has 0 bridgehead atoms. The average Bonchev–Trinajstić information content (AvgIpc) is 2.78. The van der Waals surface area contributed by atoms with Crippen LogP contribution in [0.1, 0.15) is 11.1 Å². The molecule has 32 heavy (non-hydrogen) atoms. The molecule has 0 fully saturated rings. The third kappa shape index (κ3) is 3.17. The molecule has 1 aliphatic heterocycles. The summed E-state index contributed by atoms with van der Waals surface area (Å²) in [5, 5.41) is 24.3. The molecular formula is C22H18N4O5S. The number of aromatic hydroxyl groups is 2. The van der Waals surface area contributed by atoms with Crippen LogP contribution < -0.4 is 10.9 Å². The van der Waals surface area contributed by atoms with E-state index in [1.165, 1.54) is 29.0 Å². The maximum absolute atomic E-state index is 13.5. The molecule has 0 atom stereocenters. The van der Waals surface area contributed by atoms with E-state index in [0.29, 0.717) is 5.39 Å². The summed E-state index contributed by atoms with van der Waals surface area (Å²) in [6.45, 7) is 0.172. The Labute approximate surface area is 183 Å². The van der Waals surface area contributed by atoms with Crippen LogP contribution in [-0.4, -0.2) is 34.7 Å². The number of hydrogen-bond acceptors (Lipinski definition) is 8. The zero-order chi connectivity index (χ0) is 22.5. The van der Waals surface area contributed by atoms with Crippen LogP contribution in [-0.2, 0) is 6.54 Å². The molecule has 0 saturated heterocycles. The second-order valence-electron chi connectivity index (χ2n) is 7.21. The van der Waals surface area contributed by atoms with Gasteiger partial charge in [-0.25, -0.2) is 4.98 Å². The number of nitrogens with zero attached hydrogens (tertiary/aromatic N) is 3. The first kappa shape index (κ1) is 20.1. The summed E-state index contributed by atoms with van der Waals surface area (Å²) in [6.07, 6.45) is 1.52. The highest BCUT2D eigenvalue weighted by atomic mass is 32.3. The quantitative estimate of drug-likeness (QED) is 0.299. The summed E-state index contributed by atoms with van der Waals surface area (Å²) >= 11 is 0. The lowest BCUT2D eigenvalue weighted by Gasteiger charge is -2.34. The highest BCUT2D eigenvalue weighted by Gasteiger charge is 2.32. The Kier molecular flexibility index (Phi) is 4.63. The Bertz CT molecular complexity index is 1450. The number of benzene rings is 2. The Morgan fingerprint density at radius 3 is 2.53 bits per heavy atom. The summed E-state index contributed by atoms with van der Waals surface area (Å²) in [4.78, 5) is 17.8. The van der Waals surface area contributed by atoms with E-state index >= 15 is 0 Å². The number of nitrogens with one attached hydrogen (secondary N) is 1. The van der Waals surface area contributed by atoms with Gasteiger partial charge < -0.3 is 15.5 Å². The third-order valence-corrected chi connectivity index (χ3v) is 6.54. The zero-order valence-corrected chi connectivity index (χ0v) is 17.3.